The highest BCUT2D eigenvalue weighted by molar-refractivity contribution is 5.51. The molecule has 1 aromatic carbocycles. The molecule has 0 bridgehead atoms. The lowest BCUT2D eigenvalue weighted by atomic mass is 9.72. The minimum absolute atomic E-state index is 0.0282. The zero-order chi connectivity index (χ0) is 23.1. The van der Waals surface area contributed by atoms with Gasteiger partial charge in [0.15, 0.2) is 11.6 Å². The third-order valence-electron chi connectivity index (χ3n) is 8.00. The van der Waals surface area contributed by atoms with E-state index < -0.39 is 23.5 Å². The van der Waals surface area contributed by atoms with Crippen LogP contribution in [0, 0.1) is 29.4 Å². The van der Waals surface area contributed by atoms with Crippen LogP contribution in [0.15, 0.2) is 18.2 Å². The standard InChI is InChI=1S/C28H40F4/c1-3-5-6-8-21-12-17-24(28(31,32)19-21)16-11-20-9-13-22(14-10-20)25-18-15-23(7-4-2)26(29)27(25)30/h4,7,15,18,20-22,24H,3,5-6,8-14,16-17,19H2,1-2H3/b7-4+. The third-order valence-corrected chi connectivity index (χ3v) is 8.00. The number of alkyl halides is 2. The van der Waals surface area contributed by atoms with E-state index in [4.69, 9.17) is 0 Å². The molecular weight excluding hydrogens is 412 g/mol. The first-order valence-corrected chi connectivity index (χ1v) is 12.8. The number of allylic oxidation sites excluding steroid dienone is 1. The number of hydrogen-bond donors (Lipinski definition) is 0. The Morgan fingerprint density at radius 1 is 0.875 bits per heavy atom. The molecule has 0 aromatic heterocycles. The Morgan fingerprint density at radius 2 is 1.59 bits per heavy atom. The fraction of sp³-hybridized carbons (Fsp3) is 0.714. The second-order valence-corrected chi connectivity index (χ2v) is 10.3. The van der Waals surface area contributed by atoms with Crippen LogP contribution in [0.1, 0.15) is 114 Å². The second-order valence-electron chi connectivity index (χ2n) is 10.3. The van der Waals surface area contributed by atoms with Crippen LogP contribution >= 0.6 is 0 Å². The topological polar surface area (TPSA) is 0 Å². The SMILES string of the molecule is C/C=C/c1ccc(C2CCC(CCC3CCC(CCCCC)CC3(F)F)CC2)c(F)c1F. The van der Waals surface area contributed by atoms with Gasteiger partial charge in [0.05, 0.1) is 0 Å². The molecule has 0 N–H and O–H groups in total. The Morgan fingerprint density at radius 3 is 2.25 bits per heavy atom. The van der Waals surface area contributed by atoms with Crippen LogP contribution in [0.5, 0.6) is 0 Å². The molecule has 32 heavy (non-hydrogen) atoms. The Bertz CT molecular complexity index is 746. The number of benzene rings is 1. The Hall–Kier alpha value is -1.32. The van der Waals surface area contributed by atoms with Crippen molar-refractivity contribution >= 4 is 6.08 Å². The van der Waals surface area contributed by atoms with Crippen LogP contribution in [0.3, 0.4) is 0 Å². The predicted octanol–water partition coefficient (Wildman–Crippen LogP) is 9.68. The highest BCUT2D eigenvalue weighted by atomic mass is 19.3. The molecule has 0 aliphatic heterocycles. The van der Waals surface area contributed by atoms with E-state index in [1.54, 1.807) is 31.2 Å². The Balaban J connectivity index is 1.46. The first-order chi connectivity index (χ1) is 15.4. The molecule has 3 rings (SSSR count). The van der Waals surface area contributed by atoms with Gasteiger partial charge in [-0.1, -0.05) is 56.9 Å². The van der Waals surface area contributed by atoms with Crippen molar-refractivity contribution in [2.75, 3.05) is 0 Å². The van der Waals surface area contributed by atoms with Gasteiger partial charge in [-0.25, -0.2) is 17.6 Å². The molecule has 0 nitrogen and oxygen atoms in total. The Kier molecular flexibility index (Phi) is 9.25. The summed E-state index contributed by atoms with van der Waals surface area (Å²) in [5.41, 5.74) is 0.755. The molecule has 1 aromatic rings. The first-order valence-electron chi connectivity index (χ1n) is 12.8. The zero-order valence-electron chi connectivity index (χ0n) is 19.8. The van der Waals surface area contributed by atoms with E-state index in [1.165, 1.54) is 0 Å². The maximum atomic E-state index is 14.8. The predicted molar refractivity (Wildman–Crippen MR) is 125 cm³/mol. The van der Waals surface area contributed by atoms with Gasteiger partial charge in [-0.2, -0.15) is 0 Å². The summed E-state index contributed by atoms with van der Waals surface area (Å²) in [4.78, 5) is 0. The summed E-state index contributed by atoms with van der Waals surface area (Å²) in [5.74, 6) is -3.84. The molecule has 0 spiro atoms. The number of halogens is 4. The summed E-state index contributed by atoms with van der Waals surface area (Å²) in [6.07, 6.45) is 14.2. The highest BCUT2D eigenvalue weighted by Crippen LogP contribution is 2.46. The first kappa shape index (κ1) is 25.3. The zero-order valence-corrected chi connectivity index (χ0v) is 19.8. The molecule has 2 aliphatic rings. The van der Waals surface area contributed by atoms with Crippen molar-refractivity contribution in [3.63, 3.8) is 0 Å². The number of hydrogen-bond acceptors (Lipinski definition) is 0. The normalized spacial score (nSPS) is 28.3. The molecule has 4 heteroatoms. The summed E-state index contributed by atoms with van der Waals surface area (Å²) in [5, 5.41) is 0. The van der Waals surface area contributed by atoms with Gasteiger partial charge in [0.25, 0.3) is 5.92 Å². The molecule has 2 unspecified atom stereocenters. The minimum Gasteiger partial charge on any atom is -0.207 e. The molecule has 2 saturated carbocycles. The van der Waals surface area contributed by atoms with Crippen molar-refractivity contribution in [1.29, 1.82) is 0 Å². The van der Waals surface area contributed by atoms with E-state index in [0.29, 0.717) is 24.3 Å². The average molecular weight is 453 g/mol. The molecule has 0 radical (unpaired) electrons. The Labute approximate surface area is 191 Å². The van der Waals surface area contributed by atoms with Gasteiger partial charge in [0, 0.05) is 17.9 Å². The fourth-order valence-electron chi connectivity index (χ4n) is 5.99. The van der Waals surface area contributed by atoms with Gasteiger partial charge in [-0.3, -0.25) is 0 Å². The summed E-state index contributed by atoms with van der Waals surface area (Å²) < 4.78 is 58.4. The molecule has 0 saturated heterocycles. The van der Waals surface area contributed by atoms with Crippen molar-refractivity contribution in [2.45, 2.75) is 109 Å². The van der Waals surface area contributed by atoms with Crippen molar-refractivity contribution in [2.24, 2.45) is 17.8 Å². The molecule has 0 amide bonds. The number of unbranched alkanes of at least 4 members (excludes halogenated alkanes) is 2. The third kappa shape index (κ3) is 6.38. The van der Waals surface area contributed by atoms with Crippen molar-refractivity contribution in [3.05, 3.63) is 41.0 Å². The minimum atomic E-state index is -2.53. The second kappa shape index (κ2) is 11.7. The van der Waals surface area contributed by atoms with Gasteiger partial charge in [-0.15, -0.1) is 0 Å². The van der Waals surface area contributed by atoms with Crippen LogP contribution in [0.4, 0.5) is 17.6 Å². The van der Waals surface area contributed by atoms with Crippen LogP contribution < -0.4 is 0 Å². The summed E-state index contributed by atoms with van der Waals surface area (Å²) >= 11 is 0. The summed E-state index contributed by atoms with van der Waals surface area (Å²) in [6, 6.07) is 3.37. The molecular formula is C28H40F4. The lowest BCUT2D eigenvalue weighted by Gasteiger charge is -2.37. The van der Waals surface area contributed by atoms with E-state index in [1.807, 2.05) is 0 Å². The van der Waals surface area contributed by atoms with E-state index in [9.17, 15) is 17.6 Å². The van der Waals surface area contributed by atoms with Crippen molar-refractivity contribution < 1.29 is 17.6 Å². The fourth-order valence-corrected chi connectivity index (χ4v) is 5.99. The molecule has 0 heterocycles. The van der Waals surface area contributed by atoms with E-state index in [2.05, 4.69) is 6.92 Å². The van der Waals surface area contributed by atoms with Gasteiger partial charge in [-0.05, 0) is 81.6 Å². The quantitative estimate of drug-likeness (QED) is 0.258. The monoisotopic (exact) mass is 452 g/mol. The van der Waals surface area contributed by atoms with E-state index in [-0.39, 0.29) is 23.8 Å². The van der Waals surface area contributed by atoms with E-state index in [0.717, 1.165) is 64.2 Å². The lowest BCUT2D eigenvalue weighted by Crippen LogP contribution is -2.36. The average Bonchev–Trinajstić information content (AvgIpc) is 2.77. The maximum Gasteiger partial charge on any atom is 0.251 e. The molecule has 2 fully saturated rings. The van der Waals surface area contributed by atoms with Crippen LogP contribution in [0.2, 0.25) is 0 Å². The lowest BCUT2D eigenvalue weighted by molar-refractivity contribution is -0.107. The maximum absolute atomic E-state index is 14.8. The van der Waals surface area contributed by atoms with Crippen LogP contribution in [-0.4, -0.2) is 5.92 Å². The van der Waals surface area contributed by atoms with Gasteiger partial charge < -0.3 is 0 Å². The molecule has 2 aliphatic carbocycles. The van der Waals surface area contributed by atoms with Crippen molar-refractivity contribution in [1.82, 2.24) is 0 Å². The van der Waals surface area contributed by atoms with Gasteiger partial charge >= 0.3 is 0 Å². The van der Waals surface area contributed by atoms with Gasteiger partial charge in [0.2, 0.25) is 0 Å². The van der Waals surface area contributed by atoms with Crippen LogP contribution in [-0.2, 0) is 0 Å². The molecule has 2 atom stereocenters. The van der Waals surface area contributed by atoms with Crippen molar-refractivity contribution in [3.8, 4) is 0 Å². The van der Waals surface area contributed by atoms with E-state index >= 15 is 0 Å². The van der Waals surface area contributed by atoms with Gasteiger partial charge in [0.1, 0.15) is 0 Å². The summed E-state index contributed by atoms with van der Waals surface area (Å²) in [7, 11) is 0. The summed E-state index contributed by atoms with van der Waals surface area (Å²) in [6.45, 7) is 3.93. The number of rotatable bonds is 9. The molecule has 180 valence electrons. The highest BCUT2D eigenvalue weighted by Gasteiger charge is 2.44. The van der Waals surface area contributed by atoms with Crippen LogP contribution in [0.25, 0.3) is 6.08 Å². The largest absolute Gasteiger partial charge is 0.251 e. The smallest absolute Gasteiger partial charge is 0.207 e.